The summed E-state index contributed by atoms with van der Waals surface area (Å²) in [5, 5.41) is 4.12. The van der Waals surface area contributed by atoms with Crippen molar-refractivity contribution in [2.24, 2.45) is 5.73 Å². The summed E-state index contributed by atoms with van der Waals surface area (Å²) in [6.07, 6.45) is 10.0. The molecule has 1 saturated heterocycles. The van der Waals surface area contributed by atoms with Crippen molar-refractivity contribution in [2.45, 2.75) is 44.1 Å². The Balaban J connectivity index is 1.70. The van der Waals surface area contributed by atoms with Gasteiger partial charge in [0.15, 0.2) is 0 Å². The molecule has 1 fully saturated rings. The van der Waals surface area contributed by atoms with Crippen molar-refractivity contribution in [1.29, 1.82) is 0 Å². The zero-order valence-corrected chi connectivity index (χ0v) is 10.6. The Bertz CT molecular complexity index is 420. The Morgan fingerprint density at radius 3 is 2.61 bits per heavy atom. The third kappa shape index (κ3) is 2.41. The monoisotopic (exact) mass is 248 g/mol. The van der Waals surface area contributed by atoms with Gasteiger partial charge in [0.05, 0.1) is 5.92 Å². The van der Waals surface area contributed by atoms with Crippen molar-refractivity contribution in [3.05, 3.63) is 18.0 Å². The highest BCUT2D eigenvalue weighted by Crippen LogP contribution is 2.28. The van der Waals surface area contributed by atoms with Gasteiger partial charge in [-0.05, 0) is 24.4 Å². The number of aromatic nitrogens is 2. The standard InChI is InChI=1S/C13H20N4O/c14-11-6-5-10(9-11)12-15-13(16-18-12)17-7-3-1-2-4-8-17/h5-6,10-11H,1-4,7-9,14H2. The zero-order valence-electron chi connectivity index (χ0n) is 10.6. The molecule has 0 aromatic carbocycles. The van der Waals surface area contributed by atoms with Gasteiger partial charge in [-0.25, -0.2) is 0 Å². The molecule has 0 bridgehead atoms. The number of nitrogens with two attached hydrogens (primary N) is 1. The smallest absolute Gasteiger partial charge is 0.266 e. The van der Waals surface area contributed by atoms with E-state index in [1.165, 1.54) is 25.7 Å². The van der Waals surface area contributed by atoms with E-state index in [-0.39, 0.29) is 12.0 Å². The number of allylic oxidation sites excluding steroid dienone is 1. The van der Waals surface area contributed by atoms with Gasteiger partial charge < -0.3 is 15.2 Å². The fourth-order valence-electron chi connectivity index (χ4n) is 2.69. The first kappa shape index (κ1) is 11.7. The first-order valence-electron chi connectivity index (χ1n) is 6.85. The molecule has 3 rings (SSSR count). The molecule has 0 amide bonds. The van der Waals surface area contributed by atoms with Gasteiger partial charge >= 0.3 is 0 Å². The predicted molar refractivity (Wildman–Crippen MR) is 69.5 cm³/mol. The van der Waals surface area contributed by atoms with Crippen LogP contribution in [0.3, 0.4) is 0 Å². The van der Waals surface area contributed by atoms with Crippen molar-refractivity contribution in [2.75, 3.05) is 18.0 Å². The SMILES string of the molecule is NC1C=CC(c2nc(N3CCCCCC3)no2)C1. The first-order chi connectivity index (χ1) is 8.83. The van der Waals surface area contributed by atoms with Crippen molar-refractivity contribution >= 4 is 5.95 Å². The number of rotatable bonds is 2. The lowest BCUT2D eigenvalue weighted by Crippen LogP contribution is -2.25. The topological polar surface area (TPSA) is 68.2 Å². The molecule has 5 nitrogen and oxygen atoms in total. The van der Waals surface area contributed by atoms with Gasteiger partial charge in [-0.15, -0.1) is 0 Å². The molecular formula is C13H20N4O. The molecule has 98 valence electrons. The summed E-state index contributed by atoms with van der Waals surface area (Å²) in [7, 11) is 0. The largest absolute Gasteiger partial charge is 0.338 e. The third-order valence-electron chi connectivity index (χ3n) is 3.75. The number of hydrogen-bond acceptors (Lipinski definition) is 5. The highest BCUT2D eigenvalue weighted by molar-refractivity contribution is 5.29. The Morgan fingerprint density at radius 2 is 1.94 bits per heavy atom. The highest BCUT2D eigenvalue weighted by Gasteiger charge is 2.24. The molecule has 18 heavy (non-hydrogen) atoms. The summed E-state index contributed by atoms with van der Waals surface area (Å²) in [4.78, 5) is 6.77. The van der Waals surface area contributed by atoms with Crippen LogP contribution in [0.15, 0.2) is 16.7 Å². The lowest BCUT2D eigenvalue weighted by atomic mass is 10.1. The zero-order chi connectivity index (χ0) is 12.4. The van der Waals surface area contributed by atoms with E-state index in [2.05, 4.69) is 21.1 Å². The molecule has 2 aliphatic rings. The van der Waals surface area contributed by atoms with Gasteiger partial charge in [0, 0.05) is 19.1 Å². The van der Waals surface area contributed by atoms with Crippen molar-refractivity contribution < 1.29 is 4.52 Å². The van der Waals surface area contributed by atoms with Gasteiger partial charge in [-0.2, -0.15) is 4.98 Å². The Labute approximate surface area is 107 Å². The summed E-state index contributed by atoms with van der Waals surface area (Å²) >= 11 is 0. The van der Waals surface area contributed by atoms with E-state index < -0.39 is 0 Å². The summed E-state index contributed by atoms with van der Waals surface area (Å²) in [5.41, 5.74) is 5.85. The fraction of sp³-hybridized carbons (Fsp3) is 0.692. The molecule has 2 N–H and O–H groups in total. The first-order valence-corrected chi connectivity index (χ1v) is 6.85. The van der Waals surface area contributed by atoms with Crippen LogP contribution >= 0.6 is 0 Å². The average Bonchev–Trinajstić information content (AvgIpc) is 2.92. The summed E-state index contributed by atoms with van der Waals surface area (Å²) in [6, 6.07) is 0.128. The molecule has 0 saturated carbocycles. The lowest BCUT2D eigenvalue weighted by Gasteiger charge is -2.16. The Morgan fingerprint density at radius 1 is 1.17 bits per heavy atom. The lowest BCUT2D eigenvalue weighted by molar-refractivity contribution is 0.363. The molecule has 2 heterocycles. The van der Waals surface area contributed by atoms with Crippen LogP contribution in [0.25, 0.3) is 0 Å². The fourth-order valence-corrected chi connectivity index (χ4v) is 2.69. The van der Waals surface area contributed by atoms with E-state index in [4.69, 9.17) is 10.3 Å². The van der Waals surface area contributed by atoms with E-state index in [0.717, 1.165) is 25.5 Å². The van der Waals surface area contributed by atoms with Crippen molar-refractivity contribution in [3.63, 3.8) is 0 Å². The minimum atomic E-state index is 0.128. The number of nitrogens with zero attached hydrogens (tertiary/aromatic N) is 3. The summed E-state index contributed by atoms with van der Waals surface area (Å²) < 4.78 is 5.38. The molecule has 2 unspecified atom stereocenters. The predicted octanol–water partition coefficient (Wildman–Crippen LogP) is 1.82. The van der Waals surface area contributed by atoms with E-state index in [1.807, 2.05) is 6.08 Å². The van der Waals surface area contributed by atoms with Crippen molar-refractivity contribution in [3.8, 4) is 0 Å². The molecule has 1 aromatic heterocycles. The van der Waals surface area contributed by atoms with Gasteiger partial charge in [-0.3, -0.25) is 0 Å². The van der Waals surface area contributed by atoms with Crippen LogP contribution in [0.4, 0.5) is 5.95 Å². The van der Waals surface area contributed by atoms with Crippen molar-refractivity contribution in [1.82, 2.24) is 10.1 Å². The second kappa shape index (κ2) is 5.10. The Hall–Kier alpha value is -1.36. The van der Waals surface area contributed by atoms with Crippen LogP contribution in [-0.4, -0.2) is 29.3 Å². The second-order valence-electron chi connectivity index (χ2n) is 5.22. The molecule has 1 aromatic rings. The van der Waals surface area contributed by atoms with Crippen LogP contribution in [0.1, 0.15) is 43.9 Å². The molecule has 1 aliphatic heterocycles. The quantitative estimate of drug-likeness (QED) is 0.808. The highest BCUT2D eigenvalue weighted by atomic mass is 16.5. The van der Waals surface area contributed by atoms with Crippen LogP contribution in [0, 0.1) is 0 Å². The van der Waals surface area contributed by atoms with Gasteiger partial charge in [0.25, 0.3) is 5.95 Å². The van der Waals surface area contributed by atoms with Gasteiger partial charge in [0.2, 0.25) is 5.89 Å². The molecule has 0 radical (unpaired) electrons. The number of anilines is 1. The summed E-state index contributed by atoms with van der Waals surface area (Å²) in [6.45, 7) is 2.08. The van der Waals surface area contributed by atoms with E-state index in [0.29, 0.717) is 5.89 Å². The van der Waals surface area contributed by atoms with E-state index in [1.54, 1.807) is 0 Å². The van der Waals surface area contributed by atoms with Crippen LogP contribution < -0.4 is 10.6 Å². The number of hydrogen-bond donors (Lipinski definition) is 1. The minimum Gasteiger partial charge on any atom is -0.338 e. The van der Waals surface area contributed by atoms with E-state index >= 15 is 0 Å². The van der Waals surface area contributed by atoms with Crippen LogP contribution in [0.2, 0.25) is 0 Å². The Kier molecular flexibility index (Phi) is 3.32. The van der Waals surface area contributed by atoms with Gasteiger partial charge in [0.1, 0.15) is 0 Å². The molecule has 5 heteroatoms. The van der Waals surface area contributed by atoms with Gasteiger partial charge in [-0.1, -0.05) is 25.0 Å². The molecule has 1 aliphatic carbocycles. The van der Waals surface area contributed by atoms with E-state index in [9.17, 15) is 0 Å². The average molecular weight is 248 g/mol. The maximum absolute atomic E-state index is 5.85. The molecule has 0 spiro atoms. The molecule has 2 atom stereocenters. The second-order valence-corrected chi connectivity index (χ2v) is 5.22. The molecular weight excluding hydrogens is 228 g/mol. The normalized spacial score (nSPS) is 28.6. The maximum Gasteiger partial charge on any atom is 0.266 e. The third-order valence-corrected chi connectivity index (χ3v) is 3.75. The van der Waals surface area contributed by atoms with Crippen LogP contribution in [-0.2, 0) is 0 Å². The maximum atomic E-state index is 5.85. The minimum absolute atomic E-state index is 0.128. The van der Waals surface area contributed by atoms with Crippen LogP contribution in [0.5, 0.6) is 0 Å². The summed E-state index contributed by atoms with van der Waals surface area (Å²) in [5.74, 6) is 1.66.